The van der Waals surface area contributed by atoms with Crippen LogP contribution in [0.5, 0.6) is 0 Å². The van der Waals surface area contributed by atoms with Gasteiger partial charge >= 0.3 is 5.97 Å². The smallest absolute Gasteiger partial charge is 0.327 e. The Morgan fingerprint density at radius 3 is 2.12 bits per heavy atom. The van der Waals surface area contributed by atoms with Gasteiger partial charge in [-0.2, -0.15) is 5.26 Å². The second kappa shape index (κ2) is 9.20. The van der Waals surface area contributed by atoms with Crippen LogP contribution in [0.1, 0.15) is 6.92 Å². The fraction of sp³-hybridized carbons (Fsp3) is 0.200. The van der Waals surface area contributed by atoms with E-state index in [1.807, 2.05) is 0 Å². The van der Waals surface area contributed by atoms with Crippen molar-refractivity contribution in [2.45, 2.75) is 6.92 Å². The molecule has 0 aromatic carbocycles. The number of rotatable bonds is 1. The van der Waals surface area contributed by atoms with Crippen LogP contribution >= 0.6 is 0 Å². The van der Waals surface area contributed by atoms with Crippen molar-refractivity contribution in [1.82, 2.24) is 0 Å². The maximum absolute atomic E-state index is 9.25. The van der Waals surface area contributed by atoms with Crippen LogP contribution < -0.4 is 0 Å². The fourth-order valence-electron chi connectivity index (χ4n) is 0. The first kappa shape index (κ1) is 9.85. The van der Waals surface area contributed by atoms with Crippen LogP contribution in [-0.4, -0.2) is 11.1 Å². The number of carboxylic acids is 1. The van der Waals surface area contributed by atoms with Gasteiger partial charge in [0.1, 0.15) is 0 Å². The zero-order chi connectivity index (χ0) is 6.99. The Morgan fingerprint density at radius 1 is 2.00 bits per heavy atom. The molecule has 0 aliphatic rings. The largest absolute Gasteiger partial charge is 0.478 e. The molecule has 0 fully saturated rings. The van der Waals surface area contributed by atoms with Crippen molar-refractivity contribution in [2.75, 3.05) is 0 Å². The summed E-state index contributed by atoms with van der Waals surface area (Å²) in [4.78, 5) is 9.25. The van der Waals surface area contributed by atoms with Crippen molar-refractivity contribution in [3.05, 3.63) is 12.7 Å². The van der Waals surface area contributed by atoms with Crippen molar-refractivity contribution in [1.29, 1.82) is 5.26 Å². The van der Waals surface area contributed by atoms with Gasteiger partial charge in [-0.3, -0.25) is 0 Å². The topological polar surface area (TPSA) is 61.1 Å². The molecule has 0 atom stereocenters. The maximum atomic E-state index is 9.25. The van der Waals surface area contributed by atoms with Crippen molar-refractivity contribution in [2.24, 2.45) is 0 Å². The van der Waals surface area contributed by atoms with E-state index in [1.54, 1.807) is 6.07 Å². The van der Waals surface area contributed by atoms with Crippen molar-refractivity contribution in [3.63, 3.8) is 0 Å². The third-order valence-electron chi connectivity index (χ3n) is 0.175. The predicted octanol–water partition coefficient (Wildman–Crippen LogP) is 0.787. The van der Waals surface area contributed by atoms with Crippen LogP contribution in [0, 0.1) is 11.3 Å². The molecule has 0 aliphatic heterocycles. The number of hydrogen-bond acceptors (Lipinski definition) is 2. The Hall–Kier alpha value is -1.30. The second-order valence-corrected chi connectivity index (χ2v) is 0.766. The first-order valence-corrected chi connectivity index (χ1v) is 1.85. The molecule has 3 heteroatoms. The minimum atomic E-state index is -0.981. The molecule has 0 radical (unpaired) electrons. The average Bonchev–Trinajstić information content (AvgIpc) is 1.69. The van der Waals surface area contributed by atoms with Crippen molar-refractivity contribution in [3.8, 4) is 6.07 Å². The van der Waals surface area contributed by atoms with Gasteiger partial charge in [0.05, 0.1) is 6.07 Å². The Labute approximate surface area is 47.9 Å². The van der Waals surface area contributed by atoms with Crippen LogP contribution in [0.4, 0.5) is 0 Å². The second-order valence-electron chi connectivity index (χ2n) is 0.766. The number of aliphatic carboxylic acids is 1. The lowest BCUT2D eigenvalue weighted by molar-refractivity contribution is -0.131. The third kappa shape index (κ3) is 131. The van der Waals surface area contributed by atoms with Crippen LogP contribution in [0.25, 0.3) is 0 Å². The van der Waals surface area contributed by atoms with Crippen LogP contribution in [0.15, 0.2) is 12.7 Å². The van der Waals surface area contributed by atoms with E-state index < -0.39 is 5.97 Å². The van der Waals surface area contributed by atoms with E-state index >= 15 is 0 Å². The Balaban J connectivity index is 0. The van der Waals surface area contributed by atoms with Crippen molar-refractivity contribution >= 4 is 5.97 Å². The molecule has 0 saturated carbocycles. The molecule has 1 N–H and O–H groups in total. The molecule has 8 heavy (non-hydrogen) atoms. The molecule has 0 saturated heterocycles. The van der Waals surface area contributed by atoms with Gasteiger partial charge in [0.2, 0.25) is 0 Å². The number of nitrogens with zero attached hydrogens (tertiary/aromatic N) is 1. The molecule has 0 aromatic rings. The summed E-state index contributed by atoms with van der Waals surface area (Å²) in [6.45, 7) is 4.39. The fourth-order valence-corrected chi connectivity index (χ4v) is 0. The summed E-state index contributed by atoms with van der Waals surface area (Å²) in [5.74, 6) is -0.981. The Morgan fingerprint density at radius 2 is 2.12 bits per heavy atom. The van der Waals surface area contributed by atoms with E-state index in [2.05, 4.69) is 6.58 Å². The minimum absolute atomic E-state index is 0.833. The van der Waals surface area contributed by atoms with Crippen LogP contribution in [0.2, 0.25) is 0 Å². The monoisotopic (exact) mass is 113 g/mol. The number of carboxylic acid groups (broad SMARTS) is 1. The zero-order valence-corrected chi connectivity index (χ0v) is 4.59. The molecule has 0 heterocycles. The van der Waals surface area contributed by atoms with Gasteiger partial charge in [-0.05, 0) is 0 Å². The molecule has 0 aromatic heterocycles. The van der Waals surface area contributed by atoms with Gasteiger partial charge in [0, 0.05) is 13.0 Å². The summed E-state index contributed by atoms with van der Waals surface area (Å²) in [7, 11) is 0. The van der Waals surface area contributed by atoms with Gasteiger partial charge in [0.25, 0.3) is 0 Å². The number of carbonyl (C=O) groups is 1. The predicted molar refractivity (Wildman–Crippen MR) is 29.1 cm³/mol. The van der Waals surface area contributed by atoms with Crippen molar-refractivity contribution < 1.29 is 9.90 Å². The highest BCUT2D eigenvalue weighted by atomic mass is 16.4. The summed E-state index contributed by atoms with van der Waals surface area (Å²) in [5, 5.41) is 14.9. The lowest BCUT2D eigenvalue weighted by atomic mass is 10.7. The molecule has 0 rings (SSSR count). The number of hydrogen-bond donors (Lipinski definition) is 1. The molecule has 0 aliphatic carbocycles. The molecule has 0 spiro atoms. The third-order valence-corrected chi connectivity index (χ3v) is 0.175. The molecular weight excluding hydrogens is 106 g/mol. The highest BCUT2D eigenvalue weighted by molar-refractivity contribution is 5.78. The molecule has 44 valence electrons. The lowest BCUT2D eigenvalue weighted by Gasteiger charge is -1.64. The van der Waals surface area contributed by atoms with E-state index in [-0.39, 0.29) is 0 Å². The molecule has 0 amide bonds. The highest BCUT2D eigenvalue weighted by Crippen LogP contribution is 1.54. The van der Waals surface area contributed by atoms with E-state index in [4.69, 9.17) is 10.4 Å². The van der Waals surface area contributed by atoms with Crippen LogP contribution in [0.3, 0.4) is 0 Å². The standard InChI is InChI=1S/C3H4O2.C2H3N/c1-2-3(4)5;1-2-3/h2H,1H2,(H,4,5);1H3. The SMILES string of the molecule is C=CC(=O)O.CC#N. The van der Waals surface area contributed by atoms with Gasteiger partial charge in [0.15, 0.2) is 0 Å². The van der Waals surface area contributed by atoms with Gasteiger partial charge < -0.3 is 5.11 Å². The molecular formula is C5H7NO2. The minimum Gasteiger partial charge on any atom is -0.478 e. The van der Waals surface area contributed by atoms with Crippen LogP contribution in [-0.2, 0) is 4.79 Å². The summed E-state index contributed by atoms with van der Waals surface area (Å²) < 4.78 is 0. The molecule has 0 unspecified atom stereocenters. The summed E-state index contributed by atoms with van der Waals surface area (Å²) >= 11 is 0. The average molecular weight is 113 g/mol. The lowest BCUT2D eigenvalue weighted by Crippen LogP contribution is -1.82. The summed E-state index contributed by atoms with van der Waals surface area (Å²) in [5.41, 5.74) is 0. The van der Waals surface area contributed by atoms with Gasteiger partial charge in [-0.1, -0.05) is 6.58 Å². The van der Waals surface area contributed by atoms with E-state index in [0.29, 0.717) is 0 Å². The molecule has 3 nitrogen and oxygen atoms in total. The summed E-state index contributed by atoms with van der Waals surface area (Å²) in [6.07, 6.45) is 0.833. The first-order chi connectivity index (χ1) is 3.68. The maximum Gasteiger partial charge on any atom is 0.327 e. The quantitative estimate of drug-likeness (QED) is 0.511. The summed E-state index contributed by atoms with van der Waals surface area (Å²) in [6, 6.07) is 1.75. The Bertz CT molecular complexity index is 112. The van der Waals surface area contributed by atoms with E-state index in [1.165, 1.54) is 6.92 Å². The highest BCUT2D eigenvalue weighted by Gasteiger charge is 1.73. The zero-order valence-electron chi connectivity index (χ0n) is 4.59. The first-order valence-electron chi connectivity index (χ1n) is 1.85. The normalized spacial score (nSPS) is 5.00. The molecule has 0 bridgehead atoms. The van der Waals surface area contributed by atoms with E-state index in [0.717, 1.165) is 6.08 Å². The van der Waals surface area contributed by atoms with Gasteiger partial charge in [-0.15, -0.1) is 0 Å². The van der Waals surface area contributed by atoms with Gasteiger partial charge in [-0.25, -0.2) is 4.79 Å². The Kier molecular flexibility index (Phi) is 11.3. The number of nitriles is 1. The van der Waals surface area contributed by atoms with E-state index in [9.17, 15) is 4.79 Å².